The van der Waals surface area contributed by atoms with Crippen molar-refractivity contribution >= 4 is 0 Å². The second-order valence-corrected chi connectivity index (χ2v) is 5.35. The Kier molecular flexibility index (Phi) is 3.77. The molecule has 0 amide bonds. The molecule has 0 spiro atoms. The summed E-state index contributed by atoms with van der Waals surface area (Å²) >= 11 is 0. The molecule has 0 bridgehead atoms. The number of hydrogen-bond donors (Lipinski definition) is 0. The van der Waals surface area contributed by atoms with Crippen molar-refractivity contribution in [3.05, 3.63) is 23.3 Å². The summed E-state index contributed by atoms with van der Waals surface area (Å²) in [4.78, 5) is 11.8. The van der Waals surface area contributed by atoms with Gasteiger partial charge in [-0.3, -0.25) is 4.90 Å². The van der Waals surface area contributed by atoms with Gasteiger partial charge in [0.25, 0.3) is 0 Å². The zero-order chi connectivity index (χ0) is 12.4. The highest BCUT2D eigenvalue weighted by Crippen LogP contribution is 2.30. The topological polar surface area (TPSA) is 29.0 Å². The molecule has 1 saturated heterocycles. The van der Waals surface area contributed by atoms with E-state index < -0.39 is 0 Å². The first kappa shape index (κ1) is 12.5. The first-order valence-corrected chi connectivity index (χ1v) is 6.66. The molecule has 17 heavy (non-hydrogen) atoms. The lowest BCUT2D eigenvalue weighted by Crippen LogP contribution is -2.39. The van der Waals surface area contributed by atoms with Crippen LogP contribution in [0.4, 0.5) is 0 Å². The zero-order valence-electron chi connectivity index (χ0n) is 11.4. The Balaban J connectivity index is 2.29. The Labute approximate surface area is 104 Å². The maximum Gasteiger partial charge on any atom is 0.145 e. The number of piperidine rings is 1. The van der Waals surface area contributed by atoms with Crippen LogP contribution < -0.4 is 0 Å². The molecule has 1 aliphatic heterocycles. The van der Waals surface area contributed by atoms with Crippen LogP contribution in [0.2, 0.25) is 0 Å². The van der Waals surface area contributed by atoms with Crippen molar-refractivity contribution in [2.75, 3.05) is 6.54 Å². The second-order valence-electron chi connectivity index (χ2n) is 5.35. The second kappa shape index (κ2) is 5.13. The molecule has 0 N–H and O–H groups in total. The Bertz CT molecular complexity index is 367. The van der Waals surface area contributed by atoms with Gasteiger partial charge in [0.1, 0.15) is 5.82 Å². The molecule has 1 atom stereocenters. The van der Waals surface area contributed by atoms with E-state index in [1.54, 1.807) is 0 Å². The number of aryl methyl sites for hydroxylation is 2. The molecule has 0 aromatic carbocycles. The predicted molar refractivity (Wildman–Crippen MR) is 69.9 cm³/mol. The molecule has 1 aromatic heterocycles. The average Bonchev–Trinajstić information content (AvgIpc) is 2.27. The van der Waals surface area contributed by atoms with E-state index in [4.69, 9.17) is 0 Å². The van der Waals surface area contributed by atoms with Crippen LogP contribution in [0, 0.1) is 13.8 Å². The summed E-state index contributed by atoms with van der Waals surface area (Å²) in [5, 5.41) is 0. The van der Waals surface area contributed by atoms with E-state index in [-0.39, 0.29) is 0 Å². The van der Waals surface area contributed by atoms with Gasteiger partial charge in [-0.1, -0.05) is 6.42 Å². The highest BCUT2D eigenvalue weighted by molar-refractivity contribution is 5.11. The van der Waals surface area contributed by atoms with Gasteiger partial charge >= 0.3 is 0 Å². The van der Waals surface area contributed by atoms with Crippen molar-refractivity contribution in [3.63, 3.8) is 0 Å². The van der Waals surface area contributed by atoms with Gasteiger partial charge in [-0.2, -0.15) is 0 Å². The minimum atomic E-state index is 0.419. The third-order valence-corrected chi connectivity index (χ3v) is 3.51. The third kappa shape index (κ3) is 2.83. The maximum absolute atomic E-state index is 4.64. The van der Waals surface area contributed by atoms with Crippen molar-refractivity contribution in [1.82, 2.24) is 14.9 Å². The average molecular weight is 233 g/mol. The van der Waals surface area contributed by atoms with Crippen LogP contribution in [-0.2, 0) is 0 Å². The Morgan fingerprint density at radius 3 is 2.41 bits per heavy atom. The van der Waals surface area contributed by atoms with Gasteiger partial charge in [0.05, 0.1) is 6.04 Å². The summed E-state index contributed by atoms with van der Waals surface area (Å²) in [7, 11) is 0. The van der Waals surface area contributed by atoms with E-state index in [9.17, 15) is 0 Å². The van der Waals surface area contributed by atoms with Crippen LogP contribution in [-0.4, -0.2) is 27.5 Å². The minimum absolute atomic E-state index is 0.419. The molecule has 1 aromatic rings. The third-order valence-electron chi connectivity index (χ3n) is 3.51. The molecule has 1 fully saturated rings. The number of likely N-dealkylation sites (tertiary alicyclic amines) is 1. The Morgan fingerprint density at radius 1 is 1.18 bits per heavy atom. The summed E-state index contributed by atoms with van der Waals surface area (Å²) in [5.41, 5.74) is 2.17. The van der Waals surface area contributed by atoms with Crippen molar-refractivity contribution < 1.29 is 0 Å². The Hall–Kier alpha value is -0.960. The van der Waals surface area contributed by atoms with E-state index in [0.29, 0.717) is 12.1 Å². The number of rotatable bonds is 2. The fourth-order valence-corrected chi connectivity index (χ4v) is 2.75. The van der Waals surface area contributed by atoms with Crippen LogP contribution in [0.5, 0.6) is 0 Å². The number of nitrogens with zero attached hydrogens (tertiary/aromatic N) is 3. The summed E-state index contributed by atoms with van der Waals surface area (Å²) in [5.74, 6) is 1.02. The fourth-order valence-electron chi connectivity index (χ4n) is 2.75. The van der Waals surface area contributed by atoms with Gasteiger partial charge in [0, 0.05) is 17.4 Å². The molecule has 2 heterocycles. The summed E-state index contributed by atoms with van der Waals surface area (Å²) in [6, 6.07) is 3.04. The quantitative estimate of drug-likeness (QED) is 0.786. The molecule has 0 radical (unpaired) electrons. The minimum Gasteiger partial charge on any atom is -0.291 e. The normalized spacial score (nSPS) is 22.1. The van der Waals surface area contributed by atoms with E-state index >= 15 is 0 Å². The standard InChI is InChI=1S/C14H23N3/c1-10(2)17-8-6-5-7-13(17)14-15-11(3)9-12(4)16-14/h9-10,13H,5-8H2,1-4H3/t13-/m1/s1. The van der Waals surface area contributed by atoms with Crippen LogP contribution >= 0.6 is 0 Å². The largest absolute Gasteiger partial charge is 0.291 e. The SMILES string of the molecule is Cc1cc(C)nc([C@H]2CCCCN2C(C)C)n1. The van der Waals surface area contributed by atoms with Gasteiger partial charge in [-0.15, -0.1) is 0 Å². The van der Waals surface area contributed by atoms with E-state index in [0.717, 1.165) is 17.2 Å². The lowest BCUT2D eigenvalue weighted by atomic mass is 9.99. The van der Waals surface area contributed by atoms with E-state index in [1.807, 2.05) is 6.07 Å². The Morgan fingerprint density at radius 2 is 1.82 bits per heavy atom. The monoisotopic (exact) mass is 233 g/mol. The lowest BCUT2D eigenvalue weighted by molar-refractivity contribution is 0.106. The van der Waals surface area contributed by atoms with Gasteiger partial charge in [0.15, 0.2) is 0 Å². The predicted octanol–water partition coefficient (Wildman–Crippen LogP) is 3.03. The molecule has 0 unspecified atom stereocenters. The highest BCUT2D eigenvalue weighted by atomic mass is 15.2. The van der Waals surface area contributed by atoms with Crippen molar-refractivity contribution in [3.8, 4) is 0 Å². The molecule has 2 rings (SSSR count). The van der Waals surface area contributed by atoms with Gasteiger partial charge in [-0.25, -0.2) is 9.97 Å². The van der Waals surface area contributed by atoms with Crippen molar-refractivity contribution in [2.45, 2.75) is 59.0 Å². The lowest BCUT2D eigenvalue weighted by Gasteiger charge is -2.37. The van der Waals surface area contributed by atoms with Gasteiger partial charge < -0.3 is 0 Å². The molecule has 1 aliphatic rings. The molecule has 94 valence electrons. The summed E-state index contributed by atoms with van der Waals surface area (Å²) in [6.07, 6.45) is 3.80. The molecule has 3 nitrogen and oxygen atoms in total. The molecular formula is C14H23N3. The van der Waals surface area contributed by atoms with Gasteiger partial charge in [0.2, 0.25) is 0 Å². The fraction of sp³-hybridized carbons (Fsp3) is 0.714. The van der Waals surface area contributed by atoms with E-state index in [1.165, 1.54) is 25.8 Å². The smallest absolute Gasteiger partial charge is 0.145 e. The van der Waals surface area contributed by atoms with Crippen molar-refractivity contribution in [2.24, 2.45) is 0 Å². The molecule has 3 heteroatoms. The first-order chi connectivity index (χ1) is 8.08. The van der Waals surface area contributed by atoms with Crippen LogP contribution in [0.3, 0.4) is 0 Å². The summed E-state index contributed by atoms with van der Waals surface area (Å²) < 4.78 is 0. The highest BCUT2D eigenvalue weighted by Gasteiger charge is 2.28. The maximum atomic E-state index is 4.64. The molecule has 0 aliphatic carbocycles. The summed E-state index contributed by atoms with van der Waals surface area (Å²) in [6.45, 7) is 9.82. The molecular weight excluding hydrogens is 210 g/mol. The van der Waals surface area contributed by atoms with Crippen molar-refractivity contribution in [1.29, 1.82) is 0 Å². The van der Waals surface area contributed by atoms with Gasteiger partial charge in [-0.05, 0) is 53.1 Å². The number of aromatic nitrogens is 2. The van der Waals surface area contributed by atoms with Crippen LogP contribution in [0.25, 0.3) is 0 Å². The first-order valence-electron chi connectivity index (χ1n) is 6.66. The van der Waals surface area contributed by atoms with Crippen LogP contribution in [0.1, 0.15) is 56.4 Å². The molecule has 0 saturated carbocycles. The van der Waals surface area contributed by atoms with E-state index in [2.05, 4.69) is 42.6 Å². The number of hydrogen-bond acceptors (Lipinski definition) is 3. The van der Waals surface area contributed by atoms with Crippen LogP contribution in [0.15, 0.2) is 6.07 Å². The zero-order valence-corrected chi connectivity index (χ0v) is 11.4.